The van der Waals surface area contributed by atoms with Gasteiger partial charge in [-0.3, -0.25) is 14.4 Å². The van der Waals surface area contributed by atoms with Gasteiger partial charge in [0.1, 0.15) is 13.2 Å². The lowest BCUT2D eigenvalue weighted by molar-refractivity contribution is -0.167. The predicted molar refractivity (Wildman–Crippen MR) is 307 cm³/mol. The van der Waals surface area contributed by atoms with Gasteiger partial charge in [0.15, 0.2) is 6.10 Å². The van der Waals surface area contributed by atoms with Crippen molar-refractivity contribution in [1.29, 1.82) is 0 Å². The fourth-order valence-electron chi connectivity index (χ4n) is 9.35. The van der Waals surface area contributed by atoms with E-state index >= 15 is 0 Å². The number of rotatable bonds is 58. The highest BCUT2D eigenvalue weighted by Crippen LogP contribution is 2.17. The van der Waals surface area contributed by atoms with Crippen LogP contribution in [0.4, 0.5) is 0 Å². The molecule has 0 bridgehead atoms. The topological polar surface area (TPSA) is 78.9 Å². The molecule has 0 rings (SSSR count). The van der Waals surface area contributed by atoms with Crippen LogP contribution < -0.4 is 0 Å². The van der Waals surface area contributed by atoms with E-state index in [-0.39, 0.29) is 31.1 Å². The molecule has 0 heterocycles. The summed E-state index contributed by atoms with van der Waals surface area (Å²) in [6.07, 6.45) is 73.5. The van der Waals surface area contributed by atoms with E-state index in [0.717, 1.165) is 70.6 Å². The summed E-state index contributed by atoms with van der Waals surface area (Å²) in [7, 11) is 0. The molecule has 0 spiro atoms. The van der Waals surface area contributed by atoms with Crippen molar-refractivity contribution in [3.8, 4) is 0 Å². The highest BCUT2D eigenvalue weighted by atomic mass is 16.6. The van der Waals surface area contributed by atoms with Crippen molar-refractivity contribution >= 4 is 17.9 Å². The maximum Gasteiger partial charge on any atom is 0.306 e. The van der Waals surface area contributed by atoms with E-state index in [9.17, 15) is 14.4 Å². The molecule has 0 fully saturated rings. The minimum absolute atomic E-state index is 0.0693. The molecule has 71 heavy (non-hydrogen) atoms. The Bertz CT molecular complexity index is 1190. The van der Waals surface area contributed by atoms with Crippen LogP contribution in [0.3, 0.4) is 0 Å². The number of allylic oxidation sites excluding steroid dienone is 6. The molecule has 0 aliphatic rings. The third-order valence-electron chi connectivity index (χ3n) is 14.1. The number of hydrogen-bond donors (Lipinski definition) is 0. The van der Waals surface area contributed by atoms with E-state index < -0.39 is 6.10 Å². The van der Waals surface area contributed by atoms with Crippen LogP contribution in [0.2, 0.25) is 0 Å². The van der Waals surface area contributed by atoms with Crippen LogP contribution in [0.5, 0.6) is 0 Å². The van der Waals surface area contributed by atoms with Gasteiger partial charge < -0.3 is 14.2 Å². The molecule has 6 heteroatoms. The van der Waals surface area contributed by atoms with E-state index in [4.69, 9.17) is 14.2 Å². The van der Waals surface area contributed by atoms with E-state index in [1.54, 1.807) is 0 Å². The Morgan fingerprint density at radius 1 is 0.282 bits per heavy atom. The second-order valence-electron chi connectivity index (χ2n) is 21.3. The van der Waals surface area contributed by atoms with Crippen molar-refractivity contribution in [2.75, 3.05) is 13.2 Å². The Labute approximate surface area is 442 Å². The second-order valence-corrected chi connectivity index (χ2v) is 21.3. The van der Waals surface area contributed by atoms with Crippen LogP contribution in [-0.2, 0) is 28.6 Å². The first-order valence-corrected chi connectivity index (χ1v) is 31.5. The van der Waals surface area contributed by atoms with Gasteiger partial charge in [0.25, 0.3) is 0 Å². The first-order valence-electron chi connectivity index (χ1n) is 31.5. The monoisotopic (exact) mass is 997 g/mol. The lowest BCUT2D eigenvalue weighted by Gasteiger charge is -2.18. The van der Waals surface area contributed by atoms with Crippen molar-refractivity contribution < 1.29 is 28.6 Å². The molecular formula is C65H120O6. The summed E-state index contributed by atoms with van der Waals surface area (Å²) < 4.78 is 16.8. The molecule has 0 aliphatic heterocycles. The van der Waals surface area contributed by atoms with Gasteiger partial charge in [-0.1, -0.05) is 282 Å². The molecule has 0 aromatic heterocycles. The van der Waals surface area contributed by atoms with E-state index in [1.165, 1.54) is 231 Å². The van der Waals surface area contributed by atoms with Crippen molar-refractivity contribution in [2.24, 2.45) is 0 Å². The largest absolute Gasteiger partial charge is 0.462 e. The lowest BCUT2D eigenvalue weighted by Crippen LogP contribution is -2.30. The minimum Gasteiger partial charge on any atom is -0.462 e. The van der Waals surface area contributed by atoms with E-state index in [2.05, 4.69) is 57.2 Å². The van der Waals surface area contributed by atoms with E-state index in [1.807, 2.05) is 0 Å². The minimum atomic E-state index is -0.767. The summed E-state index contributed by atoms with van der Waals surface area (Å²) in [6, 6.07) is 0. The van der Waals surface area contributed by atoms with Crippen molar-refractivity contribution in [1.82, 2.24) is 0 Å². The highest BCUT2D eigenvalue weighted by molar-refractivity contribution is 5.71. The third-order valence-corrected chi connectivity index (χ3v) is 14.1. The molecule has 0 radical (unpaired) electrons. The molecule has 416 valence electrons. The average Bonchev–Trinajstić information content (AvgIpc) is 3.37. The van der Waals surface area contributed by atoms with Gasteiger partial charge in [-0.05, 0) is 77.0 Å². The molecular weight excluding hydrogens is 877 g/mol. The van der Waals surface area contributed by atoms with Gasteiger partial charge in [-0.25, -0.2) is 0 Å². The zero-order valence-corrected chi connectivity index (χ0v) is 47.8. The molecule has 6 nitrogen and oxygen atoms in total. The molecule has 0 saturated heterocycles. The molecule has 0 aromatic rings. The molecule has 0 saturated carbocycles. The normalized spacial score (nSPS) is 12.2. The number of hydrogen-bond acceptors (Lipinski definition) is 6. The summed E-state index contributed by atoms with van der Waals surface area (Å²) >= 11 is 0. The Morgan fingerprint density at radius 2 is 0.507 bits per heavy atom. The molecule has 1 atom stereocenters. The first kappa shape index (κ1) is 68.6. The van der Waals surface area contributed by atoms with Crippen LogP contribution in [0.1, 0.15) is 342 Å². The Hall–Kier alpha value is -2.37. The van der Waals surface area contributed by atoms with Gasteiger partial charge in [0.2, 0.25) is 0 Å². The zero-order valence-electron chi connectivity index (χ0n) is 47.8. The number of ether oxygens (including phenoxy) is 3. The number of carbonyl (C=O) groups excluding carboxylic acids is 3. The Kier molecular flexibility index (Phi) is 58.2. The first-order chi connectivity index (χ1) is 35.0. The summed E-state index contributed by atoms with van der Waals surface area (Å²) in [5.41, 5.74) is 0. The summed E-state index contributed by atoms with van der Waals surface area (Å²) in [6.45, 7) is 6.59. The standard InChI is InChI=1S/C65H120O6/c1-4-7-10-13-15-17-19-21-23-25-27-28-29-30-31-32-33-34-35-36-38-39-41-43-45-47-49-52-55-58-64(67)70-61-62(60-69-63(66)57-54-51-12-9-6-3)71-65(68)59-56-53-50-48-46-44-42-40-37-26-24-22-20-18-16-14-11-8-5-2/h19,21-22,24-25,27,62H,4-18,20,23,26,28-61H2,1-3H3/b21-19-,24-22-,27-25-. The summed E-state index contributed by atoms with van der Waals surface area (Å²) in [5, 5.41) is 0. The SMILES string of the molecule is CCCCCCC/C=C\C/C=C\CCCCCCCCCCCCCCCCCCCC(=O)OCC(COC(=O)CCCCCCC)OC(=O)CCCCCCCCCCC/C=C\CCCCCCCC. The van der Waals surface area contributed by atoms with Crippen molar-refractivity contribution in [3.05, 3.63) is 36.5 Å². The molecule has 1 unspecified atom stereocenters. The molecule has 0 aliphatic carbocycles. The van der Waals surface area contributed by atoms with E-state index in [0.29, 0.717) is 19.3 Å². The molecule has 0 N–H and O–H groups in total. The van der Waals surface area contributed by atoms with Crippen LogP contribution in [-0.4, -0.2) is 37.2 Å². The van der Waals surface area contributed by atoms with Crippen LogP contribution in [0.25, 0.3) is 0 Å². The fourth-order valence-corrected chi connectivity index (χ4v) is 9.35. The van der Waals surface area contributed by atoms with Crippen LogP contribution in [0.15, 0.2) is 36.5 Å². The average molecular weight is 998 g/mol. The summed E-state index contributed by atoms with van der Waals surface area (Å²) in [4.78, 5) is 37.9. The van der Waals surface area contributed by atoms with Crippen LogP contribution in [0, 0.1) is 0 Å². The van der Waals surface area contributed by atoms with Crippen LogP contribution >= 0.6 is 0 Å². The quantitative estimate of drug-likeness (QED) is 0.0261. The fraction of sp³-hybridized carbons (Fsp3) is 0.862. The molecule has 0 amide bonds. The third kappa shape index (κ3) is 58.4. The maximum absolute atomic E-state index is 12.8. The number of unbranched alkanes of at least 4 members (excludes halogenated alkanes) is 41. The van der Waals surface area contributed by atoms with Gasteiger partial charge in [-0.15, -0.1) is 0 Å². The highest BCUT2D eigenvalue weighted by Gasteiger charge is 2.19. The van der Waals surface area contributed by atoms with Gasteiger partial charge >= 0.3 is 17.9 Å². The Morgan fingerprint density at radius 3 is 0.789 bits per heavy atom. The predicted octanol–water partition coefficient (Wildman–Crippen LogP) is 21.2. The number of carbonyl (C=O) groups is 3. The van der Waals surface area contributed by atoms with Crippen molar-refractivity contribution in [2.45, 2.75) is 348 Å². The van der Waals surface area contributed by atoms with Crippen molar-refractivity contribution in [3.63, 3.8) is 0 Å². The maximum atomic E-state index is 12.8. The second kappa shape index (κ2) is 60.2. The summed E-state index contributed by atoms with van der Waals surface area (Å²) in [5.74, 6) is -0.867. The molecule has 0 aromatic carbocycles. The van der Waals surface area contributed by atoms with Gasteiger partial charge in [-0.2, -0.15) is 0 Å². The zero-order chi connectivity index (χ0) is 51.4. The number of esters is 3. The smallest absolute Gasteiger partial charge is 0.306 e. The van der Waals surface area contributed by atoms with Gasteiger partial charge in [0, 0.05) is 19.3 Å². The Balaban J connectivity index is 3.97. The lowest BCUT2D eigenvalue weighted by atomic mass is 10.0. The van der Waals surface area contributed by atoms with Gasteiger partial charge in [0.05, 0.1) is 0 Å².